The third-order valence-corrected chi connectivity index (χ3v) is 7.14. The van der Waals surface area contributed by atoms with Crippen molar-refractivity contribution in [1.29, 1.82) is 5.41 Å². The number of amidine groups is 1. The fraction of sp³-hybridized carbons (Fsp3) is 0.565. The average molecular weight is 412 g/mol. The number of aliphatic hydroxyl groups is 1. The summed E-state index contributed by atoms with van der Waals surface area (Å²) in [6.45, 7) is 9.07. The quantitative estimate of drug-likeness (QED) is 0.382. The molecule has 2 heterocycles. The van der Waals surface area contributed by atoms with Gasteiger partial charge in [-0.15, -0.1) is 0 Å². The molecule has 162 valence electrons. The summed E-state index contributed by atoms with van der Waals surface area (Å²) in [6.07, 6.45) is 4.05. The number of amides is 1. The molecule has 2 aliphatic heterocycles. The van der Waals surface area contributed by atoms with Gasteiger partial charge in [-0.3, -0.25) is 10.2 Å². The van der Waals surface area contributed by atoms with E-state index in [0.29, 0.717) is 25.3 Å². The van der Waals surface area contributed by atoms with Crippen molar-refractivity contribution in [3.05, 3.63) is 47.3 Å². The molecule has 0 bridgehead atoms. The van der Waals surface area contributed by atoms with Crippen molar-refractivity contribution in [3.63, 3.8) is 0 Å². The van der Waals surface area contributed by atoms with Gasteiger partial charge in [0.1, 0.15) is 6.10 Å². The molecule has 7 heteroatoms. The maximum absolute atomic E-state index is 13.2. The van der Waals surface area contributed by atoms with Crippen LogP contribution in [-0.4, -0.2) is 58.6 Å². The van der Waals surface area contributed by atoms with E-state index in [4.69, 9.17) is 5.41 Å². The molecule has 30 heavy (non-hydrogen) atoms. The molecule has 3 aliphatic rings. The molecule has 1 aromatic carbocycles. The van der Waals surface area contributed by atoms with E-state index < -0.39 is 17.7 Å². The third-order valence-electron chi connectivity index (χ3n) is 7.14. The minimum atomic E-state index is -0.790. The van der Waals surface area contributed by atoms with E-state index in [1.54, 1.807) is 0 Å². The van der Waals surface area contributed by atoms with Crippen LogP contribution in [0.1, 0.15) is 54.6 Å². The molecule has 1 aliphatic carbocycles. The summed E-state index contributed by atoms with van der Waals surface area (Å²) in [5, 5.41) is 29.0. The highest BCUT2D eigenvalue weighted by Crippen LogP contribution is 2.37. The smallest absolute Gasteiger partial charge is 0.251 e. The molecule has 5 N–H and O–H groups in total. The number of aliphatic hydroxyl groups excluding tert-OH is 1. The first-order valence-corrected chi connectivity index (χ1v) is 11.0. The van der Waals surface area contributed by atoms with E-state index in [-0.39, 0.29) is 11.9 Å². The lowest BCUT2D eigenvalue weighted by Crippen LogP contribution is -2.69. The molecular weight excluding hydrogens is 378 g/mol. The fourth-order valence-corrected chi connectivity index (χ4v) is 5.25. The Balaban J connectivity index is 1.56. The normalized spacial score (nSPS) is 30.2. The standard InChI is InChI=1S/C23H33N5O2/c1-4-20(24)27-19-12-25-14(2)28-13-18(21(29)23(19,28)3)26-22(30)17-11-7-9-15-8-5-6-10-16(15)17/h7,9,11,18-19,21,25,29H,2,4-6,8,10,12-13H2,1,3H3,(H2,24,27)(H,26,30). The van der Waals surface area contributed by atoms with E-state index in [9.17, 15) is 9.90 Å². The molecule has 0 radical (unpaired) electrons. The lowest BCUT2D eigenvalue weighted by atomic mass is 9.83. The number of nitrogens with one attached hydrogen (secondary N) is 4. The van der Waals surface area contributed by atoms with Gasteiger partial charge < -0.3 is 26.0 Å². The number of hydrogen-bond donors (Lipinski definition) is 5. The highest BCUT2D eigenvalue weighted by molar-refractivity contribution is 5.96. The summed E-state index contributed by atoms with van der Waals surface area (Å²) >= 11 is 0. The van der Waals surface area contributed by atoms with Crippen LogP contribution in [0.5, 0.6) is 0 Å². The number of carbonyl (C=O) groups is 1. The molecule has 7 nitrogen and oxygen atoms in total. The second kappa shape index (κ2) is 7.95. The number of hydrogen-bond acceptors (Lipinski definition) is 5. The molecule has 0 aromatic heterocycles. The van der Waals surface area contributed by atoms with Crippen LogP contribution in [-0.2, 0) is 12.8 Å². The van der Waals surface area contributed by atoms with E-state index in [1.165, 1.54) is 12.0 Å². The zero-order valence-corrected chi connectivity index (χ0v) is 17.9. The highest BCUT2D eigenvalue weighted by atomic mass is 16.3. The second-order valence-electron chi connectivity index (χ2n) is 8.87. The van der Waals surface area contributed by atoms with Crippen LogP contribution in [0, 0.1) is 5.41 Å². The van der Waals surface area contributed by atoms with Gasteiger partial charge in [0.15, 0.2) is 0 Å². The zero-order chi connectivity index (χ0) is 21.5. The summed E-state index contributed by atoms with van der Waals surface area (Å²) in [7, 11) is 0. The Kier molecular flexibility index (Phi) is 5.49. The van der Waals surface area contributed by atoms with Crippen molar-refractivity contribution in [3.8, 4) is 0 Å². The predicted octanol–water partition coefficient (Wildman–Crippen LogP) is 1.52. The van der Waals surface area contributed by atoms with Crippen molar-refractivity contribution in [2.45, 2.75) is 69.7 Å². The molecule has 2 fully saturated rings. The third kappa shape index (κ3) is 3.35. The Morgan fingerprint density at radius 3 is 2.90 bits per heavy atom. The lowest BCUT2D eigenvalue weighted by molar-refractivity contribution is 0.00874. The van der Waals surface area contributed by atoms with Gasteiger partial charge in [0.05, 0.1) is 29.3 Å². The predicted molar refractivity (Wildman–Crippen MR) is 118 cm³/mol. The molecule has 1 amide bonds. The van der Waals surface area contributed by atoms with E-state index in [1.807, 2.05) is 30.9 Å². The molecule has 2 saturated heterocycles. The molecule has 4 atom stereocenters. The van der Waals surface area contributed by atoms with Gasteiger partial charge in [-0.05, 0) is 49.8 Å². The van der Waals surface area contributed by atoms with Crippen LogP contribution in [0.25, 0.3) is 0 Å². The maximum Gasteiger partial charge on any atom is 0.251 e. The fourth-order valence-electron chi connectivity index (χ4n) is 5.25. The van der Waals surface area contributed by atoms with Gasteiger partial charge in [-0.25, -0.2) is 0 Å². The van der Waals surface area contributed by atoms with E-state index >= 15 is 0 Å². The number of aryl methyl sites for hydroxylation is 1. The van der Waals surface area contributed by atoms with E-state index in [0.717, 1.165) is 36.2 Å². The first-order chi connectivity index (χ1) is 14.4. The molecule has 0 saturated carbocycles. The maximum atomic E-state index is 13.2. The Morgan fingerprint density at radius 2 is 2.13 bits per heavy atom. The first-order valence-electron chi connectivity index (χ1n) is 11.0. The first kappa shape index (κ1) is 20.7. The van der Waals surface area contributed by atoms with Gasteiger partial charge in [0.2, 0.25) is 0 Å². The Bertz CT molecular complexity index is 869. The van der Waals surface area contributed by atoms with Crippen LogP contribution in [0.3, 0.4) is 0 Å². The van der Waals surface area contributed by atoms with Gasteiger partial charge >= 0.3 is 0 Å². The van der Waals surface area contributed by atoms with Crippen molar-refractivity contribution in [2.75, 3.05) is 13.1 Å². The van der Waals surface area contributed by atoms with Crippen molar-refractivity contribution in [2.24, 2.45) is 0 Å². The van der Waals surface area contributed by atoms with Crippen molar-refractivity contribution in [1.82, 2.24) is 20.9 Å². The Hall–Kier alpha value is -2.54. The monoisotopic (exact) mass is 411 g/mol. The number of nitrogens with zero attached hydrogens (tertiary/aromatic N) is 1. The molecule has 0 spiro atoms. The van der Waals surface area contributed by atoms with Gasteiger partial charge in [0.25, 0.3) is 5.91 Å². The second-order valence-corrected chi connectivity index (χ2v) is 8.87. The van der Waals surface area contributed by atoms with Crippen LogP contribution >= 0.6 is 0 Å². The molecule has 4 unspecified atom stereocenters. The topological polar surface area (TPSA) is 100 Å². The molecule has 4 rings (SSSR count). The lowest BCUT2D eigenvalue weighted by Gasteiger charge is -2.49. The minimum absolute atomic E-state index is 0.120. The minimum Gasteiger partial charge on any atom is -0.388 e. The van der Waals surface area contributed by atoms with Crippen molar-refractivity contribution < 1.29 is 9.90 Å². The summed E-state index contributed by atoms with van der Waals surface area (Å²) in [6, 6.07) is 5.38. The number of benzene rings is 1. The van der Waals surface area contributed by atoms with Crippen LogP contribution in [0.4, 0.5) is 0 Å². The highest BCUT2D eigenvalue weighted by Gasteiger charge is 2.57. The summed E-state index contributed by atoms with van der Waals surface area (Å²) in [5.74, 6) is 1.06. The van der Waals surface area contributed by atoms with E-state index in [2.05, 4.69) is 28.6 Å². The van der Waals surface area contributed by atoms with Gasteiger partial charge in [-0.1, -0.05) is 25.6 Å². The zero-order valence-electron chi connectivity index (χ0n) is 17.9. The summed E-state index contributed by atoms with van der Waals surface area (Å²) in [5.41, 5.74) is 2.48. The van der Waals surface area contributed by atoms with Crippen LogP contribution in [0.15, 0.2) is 30.6 Å². The SMILES string of the molecule is C=C1NCC(NC(=N)CC)C2(C)C(O)C(NC(=O)c3cccc4c3CCCC4)CN12. The van der Waals surface area contributed by atoms with Gasteiger partial charge in [-0.2, -0.15) is 0 Å². The Morgan fingerprint density at radius 1 is 1.37 bits per heavy atom. The average Bonchev–Trinajstić information content (AvgIpc) is 3.01. The number of carbonyl (C=O) groups excluding carboxylic acids is 1. The summed E-state index contributed by atoms with van der Waals surface area (Å²) in [4.78, 5) is 15.2. The molecule has 1 aromatic rings. The largest absolute Gasteiger partial charge is 0.388 e. The van der Waals surface area contributed by atoms with Crippen LogP contribution < -0.4 is 16.0 Å². The van der Waals surface area contributed by atoms with Crippen LogP contribution in [0.2, 0.25) is 0 Å². The Labute approximate surface area is 178 Å². The van der Waals surface area contributed by atoms with Gasteiger partial charge in [0, 0.05) is 25.1 Å². The number of fused-ring (bicyclic) bond motifs is 2. The summed E-state index contributed by atoms with van der Waals surface area (Å²) < 4.78 is 0. The van der Waals surface area contributed by atoms with Crippen molar-refractivity contribution >= 4 is 11.7 Å². The number of rotatable bonds is 4. The molecular formula is C23H33N5O2.